The number of carboxylic acid groups (broad SMARTS) is 1. The van der Waals surface area contributed by atoms with Gasteiger partial charge in [0, 0.05) is 16.0 Å². The molecule has 19 heavy (non-hydrogen) atoms. The van der Waals surface area contributed by atoms with Crippen LogP contribution in [0, 0.1) is 0 Å². The molecular weight excluding hydrogens is 337 g/mol. The van der Waals surface area contributed by atoms with Crippen LogP contribution in [0.2, 0.25) is 5.02 Å². The van der Waals surface area contributed by atoms with E-state index in [4.69, 9.17) is 21.4 Å². The molecule has 1 saturated heterocycles. The number of carboxylic acids is 1. The molecule has 1 N–H and O–H groups in total. The summed E-state index contributed by atoms with van der Waals surface area (Å²) in [4.78, 5) is 24.8. The lowest BCUT2D eigenvalue weighted by Gasteiger charge is -2.33. The summed E-state index contributed by atoms with van der Waals surface area (Å²) in [5.74, 6) is -1.45. The van der Waals surface area contributed by atoms with E-state index < -0.39 is 12.0 Å². The van der Waals surface area contributed by atoms with Gasteiger partial charge >= 0.3 is 5.97 Å². The summed E-state index contributed by atoms with van der Waals surface area (Å²) in [7, 11) is 0. The zero-order chi connectivity index (χ0) is 14.0. The predicted molar refractivity (Wildman–Crippen MR) is 72.4 cm³/mol. The van der Waals surface area contributed by atoms with Crippen molar-refractivity contribution in [3.8, 4) is 0 Å². The molecule has 7 heteroatoms. The summed E-state index contributed by atoms with van der Waals surface area (Å²) in [6.07, 6.45) is 0. The number of hydrogen-bond donors (Lipinski definition) is 1. The Kier molecular flexibility index (Phi) is 4.44. The van der Waals surface area contributed by atoms with Crippen molar-refractivity contribution < 1.29 is 19.4 Å². The van der Waals surface area contributed by atoms with Gasteiger partial charge in [0.1, 0.15) is 0 Å². The van der Waals surface area contributed by atoms with E-state index >= 15 is 0 Å². The Morgan fingerprint density at radius 2 is 2.21 bits per heavy atom. The van der Waals surface area contributed by atoms with Crippen LogP contribution in [0.5, 0.6) is 0 Å². The van der Waals surface area contributed by atoms with Crippen LogP contribution in [0.4, 0.5) is 0 Å². The SMILES string of the molecule is O=C(O)C1COCCN1C(=O)c1cc(Cl)ccc1Br. The van der Waals surface area contributed by atoms with Crippen LogP contribution >= 0.6 is 27.5 Å². The van der Waals surface area contributed by atoms with E-state index in [0.717, 1.165) is 0 Å². The van der Waals surface area contributed by atoms with Gasteiger partial charge in [0.2, 0.25) is 0 Å². The van der Waals surface area contributed by atoms with Gasteiger partial charge < -0.3 is 14.7 Å². The first-order valence-corrected chi connectivity index (χ1v) is 6.74. The van der Waals surface area contributed by atoms with Crippen LogP contribution in [0.25, 0.3) is 0 Å². The molecule has 102 valence electrons. The average Bonchev–Trinajstić information content (AvgIpc) is 2.40. The van der Waals surface area contributed by atoms with E-state index in [-0.39, 0.29) is 19.1 Å². The number of aliphatic carboxylic acids is 1. The Hall–Kier alpha value is -1.11. The van der Waals surface area contributed by atoms with E-state index in [0.29, 0.717) is 21.7 Å². The Morgan fingerprint density at radius 1 is 1.47 bits per heavy atom. The molecule has 1 aliphatic heterocycles. The standard InChI is InChI=1S/C12H11BrClNO4/c13-9-2-1-7(14)5-8(9)11(16)15-3-4-19-6-10(15)12(17)18/h1-2,5,10H,3-4,6H2,(H,17,18). The van der Waals surface area contributed by atoms with Crippen LogP contribution in [0.1, 0.15) is 10.4 Å². The highest BCUT2D eigenvalue weighted by Gasteiger charge is 2.33. The van der Waals surface area contributed by atoms with E-state index in [1.165, 1.54) is 11.0 Å². The number of amides is 1. The molecule has 0 spiro atoms. The molecule has 1 heterocycles. The van der Waals surface area contributed by atoms with Crippen molar-refractivity contribution in [3.05, 3.63) is 33.3 Å². The van der Waals surface area contributed by atoms with Crippen LogP contribution in [0.15, 0.2) is 22.7 Å². The Morgan fingerprint density at radius 3 is 2.89 bits per heavy atom. The maximum atomic E-state index is 12.4. The summed E-state index contributed by atoms with van der Waals surface area (Å²) in [6.45, 7) is 0.571. The number of ether oxygens (including phenoxy) is 1. The number of carbonyl (C=O) groups excluding carboxylic acids is 1. The van der Waals surface area contributed by atoms with E-state index in [1.807, 2.05) is 0 Å². The quantitative estimate of drug-likeness (QED) is 0.888. The molecule has 2 rings (SSSR count). The number of benzene rings is 1. The van der Waals surface area contributed by atoms with Gasteiger partial charge in [-0.15, -0.1) is 0 Å². The summed E-state index contributed by atoms with van der Waals surface area (Å²) >= 11 is 9.14. The molecule has 1 fully saturated rings. The summed E-state index contributed by atoms with van der Waals surface area (Å²) < 4.78 is 5.68. The van der Waals surface area contributed by atoms with Crippen molar-refractivity contribution in [1.29, 1.82) is 0 Å². The molecule has 1 unspecified atom stereocenters. The van der Waals surface area contributed by atoms with Crippen LogP contribution in [0.3, 0.4) is 0 Å². The minimum atomic E-state index is -1.08. The minimum Gasteiger partial charge on any atom is -0.480 e. The molecule has 5 nitrogen and oxygen atoms in total. The molecule has 1 atom stereocenters. The zero-order valence-electron chi connectivity index (χ0n) is 9.81. The highest BCUT2D eigenvalue weighted by atomic mass is 79.9. The summed E-state index contributed by atoms with van der Waals surface area (Å²) in [5.41, 5.74) is 0.348. The van der Waals surface area contributed by atoms with Gasteiger partial charge in [0.05, 0.1) is 18.8 Å². The summed E-state index contributed by atoms with van der Waals surface area (Å²) in [5, 5.41) is 9.54. The fourth-order valence-corrected chi connectivity index (χ4v) is 2.46. The first-order chi connectivity index (χ1) is 9.00. The van der Waals surface area contributed by atoms with Crippen molar-refractivity contribution in [3.63, 3.8) is 0 Å². The maximum Gasteiger partial charge on any atom is 0.328 e. The van der Waals surface area contributed by atoms with Gasteiger partial charge in [-0.25, -0.2) is 4.79 Å². The fourth-order valence-electron chi connectivity index (χ4n) is 1.87. The van der Waals surface area contributed by atoms with Gasteiger partial charge in [-0.1, -0.05) is 11.6 Å². The van der Waals surface area contributed by atoms with Crippen molar-refractivity contribution in [2.24, 2.45) is 0 Å². The lowest BCUT2D eigenvalue weighted by molar-refractivity contribution is -0.147. The molecule has 0 bridgehead atoms. The molecule has 1 aliphatic rings. The Balaban J connectivity index is 2.31. The molecule has 0 saturated carbocycles. The molecule has 1 aromatic carbocycles. The monoisotopic (exact) mass is 347 g/mol. The number of nitrogens with zero attached hydrogens (tertiary/aromatic N) is 1. The van der Waals surface area contributed by atoms with Gasteiger partial charge in [0.25, 0.3) is 5.91 Å². The van der Waals surface area contributed by atoms with Crippen molar-refractivity contribution in [2.45, 2.75) is 6.04 Å². The largest absolute Gasteiger partial charge is 0.480 e. The normalized spacial score (nSPS) is 19.3. The smallest absolute Gasteiger partial charge is 0.328 e. The molecule has 1 aromatic rings. The van der Waals surface area contributed by atoms with Crippen LogP contribution in [-0.2, 0) is 9.53 Å². The van der Waals surface area contributed by atoms with Crippen LogP contribution in [-0.4, -0.2) is 47.7 Å². The van der Waals surface area contributed by atoms with Crippen molar-refractivity contribution >= 4 is 39.4 Å². The number of carbonyl (C=O) groups is 2. The highest BCUT2D eigenvalue weighted by Crippen LogP contribution is 2.24. The molecule has 0 aliphatic carbocycles. The lowest BCUT2D eigenvalue weighted by Crippen LogP contribution is -2.52. The minimum absolute atomic E-state index is 0.000736. The first kappa shape index (κ1) is 14.3. The van der Waals surface area contributed by atoms with E-state index in [2.05, 4.69) is 15.9 Å². The van der Waals surface area contributed by atoms with Crippen molar-refractivity contribution in [2.75, 3.05) is 19.8 Å². The summed E-state index contributed by atoms with van der Waals surface area (Å²) in [6, 6.07) is 3.86. The zero-order valence-corrected chi connectivity index (χ0v) is 12.1. The molecule has 0 aromatic heterocycles. The third-order valence-corrected chi connectivity index (χ3v) is 3.76. The molecular formula is C12H11BrClNO4. The van der Waals surface area contributed by atoms with Crippen molar-refractivity contribution in [1.82, 2.24) is 4.90 Å². The molecule has 0 radical (unpaired) electrons. The Labute approximate surface area is 123 Å². The van der Waals surface area contributed by atoms with Gasteiger partial charge in [-0.3, -0.25) is 4.79 Å². The predicted octanol–water partition coefficient (Wildman–Crippen LogP) is 2.03. The van der Waals surface area contributed by atoms with Gasteiger partial charge in [-0.2, -0.15) is 0 Å². The van der Waals surface area contributed by atoms with Crippen LogP contribution < -0.4 is 0 Å². The number of hydrogen-bond acceptors (Lipinski definition) is 3. The fraction of sp³-hybridized carbons (Fsp3) is 0.333. The maximum absolute atomic E-state index is 12.4. The third kappa shape index (κ3) is 3.08. The van der Waals surface area contributed by atoms with E-state index in [1.54, 1.807) is 12.1 Å². The number of halogens is 2. The molecule has 1 amide bonds. The van der Waals surface area contributed by atoms with Gasteiger partial charge in [-0.05, 0) is 34.1 Å². The number of morpholine rings is 1. The second-order valence-electron chi connectivity index (χ2n) is 4.05. The van der Waals surface area contributed by atoms with Gasteiger partial charge in [0.15, 0.2) is 6.04 Å². The highest BCUT2D eigenvalue weighted by molar-refractivity contribution is 9.10. The Bertz CT molecular complexity index is 522. The lowest BCUT2D eigenvalue weighted by atomic mass is 10.1. The second-order valence-corrected chi connectivity index (χ2v) is 5.34. The first-order valence-electron chi connectivity index (χ1n) is 5.57. The van der Waals surface area contributed by atoms with E-state index in [9.17, 15) is 9.59 Å². The second kappa shape index (κ2) is 5.90. The average molecular weight is 349 g/mol. The topological polar surface area (TPSA) is 66.8 Å². The number of rotatable bonds is 2. The third-order valence-electron chi connectivity index (χ3n) is 2.83.